The summed E-state index contributed by atoms with van der Waals surface area (Å²) in [6.07, 6.45) is -1.50. The molecule has 3 rings (SSSR count). The second-order valence-corrected chi connectivity index (χ2v) is 5.47. The average Bonchev–Trinajstić information content (AvgIpc) is 2.94. The molecule has 1 aliphatic rings. The molecule has 0 saturated carbocycles. The topological polar surface area (TPSA) is 116 Å². The summed E-state index contributed by atoms with van der Waals surface area (Å²) in [5.74, 6) is -4.00. The summed E-state index contributed by atoms with van der Waals surface area (Å²) in [6, 6.07) is 8.34. The molecule has 0 aliphatic carbocycles. The van der Waals surface area contributed by atoms with Gasteiger partial charge in [-0.3, -0.25) is 19.7 Å². The Bertz CT molecular complexity index is 912. The number of nitrogens with zero attached hydrogens (tertiary/aromatic N) is 1. The number of nitro groups is 1. The van der Waals surface area contributed by atoms with Gasteiger partial charge in [0.2, 0.25) is 6.10 Å². The monoisotopic (exact) mass is 358 g/mol. The lowest BCUT2D eigenvalue weighted by Gasteiger charge is -2.15. The molecule has 2 aromatic rings. The predicted molar refractivity (Wildman–Crippen MR) is 85.4 cm³/mol. The van der Waals surface area contributed by atoms with E-state index in [2.05, 4.69) is 5.32 Å². The van der Waals surface area contributed by atoms with E-state index in [0.717, 1.165) is 12.1 Å². The summed E-state index contributed by atoms with van der Waals surface area (Å²) in [6.45, 7) is 0. The van der Waals surface area contributed by atoms with E-state index in [1.807, 2.05) is 0 Å². The standard InChI is InChI=1S/C17H11FN2O6/c18-9-5-7-10(8-6-9)19-16(22)14(21)13(20(24)25)15-11-3-1-2-4-12(11)17(23)26-15/h1-8,13,15H,(H,19,22)/t13-,15+/m0/s1. The highest BCUT2D eigenvalue weighted by atomic mass is 19.1. The highest BCUT2D eigenvalue weighted by Crippen LogP contribution is 2.34. The van der Waals surface area contributed by atoms with Crippen LogP contribution in [0.3, 0.4) is 0 Å². The Morgan fingerprint density at radius 2 is 1.81 bits per heavy atom. The molecule has 0 unspecified atom stereocenters. The van der Waals surface area contributed by atoms with Crippen LogP contribution in [0.15, 0.2) is 48.5 Å². The Hall–Kier alpha value is -3.62. The van der Waals surface area contributed by atoms with E-state index in [1.165, 1.54) is 30.3 Å². The first-order valence-electron chi connectivity index (χ1n) is 7.42. The third-order valence-electron chi connectivity index (χ3n) is 3.83. The van der Waals surface area contributed by atoms with Crippen LogP contribution in [0, 0.1) is 15.9 Å². The number of esters is 1. The molecule has 0 spiro atoms. The quantitative estimate of drug-likeness (QED) is 0.378. The van der Waals surface area contributed by atoms with Gasteiger partial charge >= 0.3 is 12.0 Å². The molecule has 2 atom stereocenters. The molecular formula is C17H11FN2O6. The number of hydrogen-bond acceptors (Lipinski definition) is 6. The molecule has 9 heteroatoms. The molecule has 26 heavy (non-hydrogen) atoms. The largest absolute Gasteiger partial charge is 0.446 e. The van der Waals surface area contributed by atoms with Crippen molar-refractivity contribution in [3.63, 3.8) is 0 Å². The number of carbonyl (C=O) groups excluding carboxylic acids is 3. The summed E-state index contributed by atoms with van der Waals surface area (Å²) in [5.41, 5.74) is 0.369. The van der Waals surface area contributed by atoms with Gasteiger partial charge in [0.1, 0.15) is 5.82 Å². The molecule has 2 aromatic carbocycles. The Kier molecular flexibility index (Phi) is 4.44. The number of benzene rings is 2. The molecule has 1 aliphatic heterocycles. The second-order valence-electron chi connectivity index (χ2n) is 5.47. The number of carbonyl (C=O) groups is 3. The van der Waals surface area contributed by atoms with Crippen LogP contribution in [0.1, 0.15) is 22.0 Å². The zero-order chi connectivity index (χ0) is 18.8. The molecule has 0 fully saturated rings. The number of ketones is 1. The molecule has 0 bridgehead atoms. The fourth-order valence-corrected chi connectivity index (χ4v) is 2.61. The Morgan fingerprint density at radius 1 is 1.15 bits per heavy atom. The van der Waals surface area contributed by atoms with Crippen molar-refractivity contribution in [3.8, 4) is 0 Å². The van der Waals surface area contributed by atoms with Crippen molar-refractivity contribution in [2.45, 2.75) is 12.1 Å². The number of fused-ring (bicyclic) bond motifs is 1. The third kappa shape index (κ3) is 3.14. The van der Waals surface area contributed by atoms with Crippen LogP contribution in [0.25, 0.3) is 0 Å². The molecule has 8 nitrogen and oxygen atoms in total. The van der Waals surface area contributed by atoms with Gasteiger partial charge in [0, 0.05) is 16.2 Å². The Morgan fingerprint density at radius 3 is 2.46 bits per heavy atom. The van der Waals surface area contributed by atoms with Crippen LogP contribution >= 0.6 is 0 Å². The number of rotatable bonds is 5. The van der Waals surface area contributed by atoms with Crippen molar-refractivity contribution >= 4 is 23.3 Å². The number of amides is 1. The number of ether oxygens (including phenoxy) is 1. The molecular weight excluding hydrogens is 347 g/mol. The number of halogens is 1. The van der Waals surface area contributed by atoms with Gasteiger partial charge in [0.15, 0.2) is 0 Å². The third-order valence-corrected chi connectivity index (χ3v) is 3.83. The lowest BCUT2D eigenvalue weighted by atomic mass is 9.97. The van der Waals surface area contributed by atoms with E-state index in [9.17, 15) is 28.9 Å². The van der Waals surface area contributed by atoms with E-state index >= 15 is 0 Å². The molecule has 1 heterocycles. The number of nitrogens with one attached hydrogen (secondary N) is 1. The minimum absolute atomic E-state index is 0.0932. The van der Waals surface area contributed by atoms with Gasteiger partial charge in [-0.1, -0.05) is 18.2 Å². The maximum absolute atomic E-state index is 12.9. The van der Waals surface area contributed by atoms with E-state index in [-0.39, 0.29) is 16.8 Å². The van der Waals surface area contributed by atoms with E-state index in [0.29, 0.717) is 0 Å². The Balaban J connectivity index is 1.85. The lowest BCUT2D eigenvalue weighted by molar-refractivity contribution is -0.518. The number of anilines is 1. The second kappa shape index (κ2) is 6.71. The molecule has 132 valence electrons. The van der Waals surface area contributed by atoms with Crippen LogP contribution in [0.4, 0.5) is 10.1 Å². The number of hydrogen-bond donors (Lipinski definition) is 1. The van der Waals surface area contributed by atoms with Crippen LogP contribution in [-0.2, 0) is 14.3 Å². The lowest BCUT2D eigenvalue weighted by Crippen LogP contribution is -2.42. The fourth-order valence-electron chi connectivity index (χ4n) is 2.61. The van der Waals surface area contributed by atoms with E-state index in [4.69, 9.17) is 4.74 Å². The van der Waals surface area contributed by atoms with Crippen molar-refractivity contribution in [2.75, 3.05) is 5.32 Å². The van der Waals surface area contributed by atoms with Crippen LogP contribution in [0.5, 0.6) is 0 Å². The van der Waals surface area contributed by atoms with Crippen LogP contribution in [-0.4, -0.2) is 28.6 Å². The first-order valence-corrected chi connectivity index (χ1v) is 7.42. The van der Waals surface area contributed by atoms with Gasteiger partial charge in [0.25, 0.3) is 11.7 Å². The van der Waals surface area contributed by atoms with Gasteiger partial charge in [-0.05, 0) is 30.3 Å². The average molecular weight is 358 g/mol. The maximum atomic E-state index is 12.9. The highest BCUT2D eigenvalue weighted by molar-refractivity contribution is 6.42. The minimum atomic E-state index is -2.09. The van der Waals surface area contributed by atoms with Crippen molar-refractivity contribution in [1.82, 2.24) is 0 Å². The van der Waals surface area contributed by atoms with Gasteiger partial charge < -0.3 is 10.1 Å². The number of Topliss-reactive ketones (excluding diaryl/α,β-unsaturated/α-hetero) is 1. The first-order chi connectivity index (χ1) is 12.4. The minimum Gasteiger partial charge on any atom is -0.446 e. The molecule has 0 aromatic heterocycles. The maximum Gasteiger partial charge on any atom is 0.339 e. The zero-order valence-corrected chi connectivity index (χ0v) is 13.0. The van der Waals surface area contributed by atoms with E-state index in [1.54, 1.807) is 6.07 Å². The summed E-state index contributed by atoms with van der Waals surface area (Å²) in [5, 5.41) is 13.6. The molecule has 1 N–H and O–H groups in total. The smallest absolute Gasteiger partial charge is 0.339 e. The molecule has 0 radical (unpaired) electrons. The summed E-state index contributed by atoms with van der Waals surface area (Å²) in [7, 11) is 0. The van der Waals surface area contributed by atoms with Gasteiger partial charge in [0.05, 0.1) is 5.56 Å². The number of cyclic esters (lactones) is 1. The van der Waals surface area contributed by atoms with Gasteiger partial charge in [-0.25, -0.2) is 9.18 Å². The molecule has 0 saturated heterocycles. The summed E-state index contributed by atoms with van der Waals surface area (Å²) < 4.78 is 17.8. The van der Waals surface area contributed by atoms with Crippen LogP contribution < -0.4 is 5.32 Å². The van der Waals surface area contributed by atoms with Crippen molar-refractivity contribution in [1.29, 1.82) is 0 Å². The van der Waals surface area contributed by atoms with Gasteiger partial charge in [-0.15, -0.1) is 0 Å². The molecule has 1 amide bonds. The first kappa shape index (κ1) is 17.2. The predicted octanol–water partition coefficient (Wildman–Crippen LogP) is 1.89. The van der Waals surface area contributed by atoms with Crippen molar-refractivity contribution in [2.24, 2.45) is 0 Å². The van der Waals surface area contributed by atoms with Crippen molar-refractivity contribution < 1.29 is 28.4 Å². The summed E-state index contributed by atoms with van der Waals surface area (Å²) >= 11 is 0. The van der Waals surface area contributed by atoms with E-state index < -0.39 is 40.5 Å². The summed E-state index contributed by atoms with van der Waals surface area (Å²) in [4.78, 5) is 46.7. The fraction of sp³-hybridized carbons (Fsp3) is 0.118. The van der Waals surface area contributed by atoms with Crippen molar-refractivity contribution in [3.05, 3.63) is 75.6 Å². The normalized spacial score (nSPS) is 16.3. The Labute approximate surface area is 145 Å². The van der Waals surface area contributed by atoms with Gasteiger partial charge in [-0.2, -0.15) is 0 Å². The highest BCUT2D eigenvalue weighted by Gasteiger charge is 2.49. The zero-order valence-electron chi connectivity index (χ0n) is 13.0. The van der Waals surface area contributed by atoms with Crippen LogP contribution in [0.2, 0.25) is 0 Å². The SMILES string of the molecule is O=C(Nc1ccc(F)cc1)C(=O)[C@@H]([C@@H]1OC(=O)c2ccccc21)[N+](=O)[O-].